The molecule has 1 fully saturated rings. The van der Waals surface area contributed by atoms with Crippen molar-refractivity contribution in [3.05, 3.63) is 53.5 Å². The van der Waals surface area contributed by atoms with E-state index in [1.807, 2.05) is 36.2 Å². The van der Waals surface area contributed by atoms with E-state index in [0.717, 1.165) is 35.8 Å². The van der Waals surface area contributed by atoms with E-state index < -0.39 is 0 Å². The number of hydrogen-bond acceptors (Lipinski definition) is 5. The van der Waals surface area contributed by atoms with E-state index in [0.29, 0.717) is 19.0 Å². The molecule has 1 amide bonds. The standard InChI is InChI=1S/C20H24N6O/c1-14(2)16-4-6-17(7-5-16)20(27)25-10-8-24(9-11-25)18-12-19-23-22-15(3)26(19)21-13-18/h4-7,12-14H,8-11H2,1-3H3. The number of carbonyl (C=O) groups excluding carboxylic acids is 1. The Morgan fingerprint density at radius 3 is 2.41 bits per heavy atom. The molecule has 3 aromatic rings. The van der Waals surface area contributed by atoms with Crippen LogP contribution in [0.4, 0.5) is 5.69 Å². The highest BCUT2D eigenvalue weighted by Gasteiger charge is 2.23. The molecule has 0 atom stereocenters. The van der Waals surface area contributed by atoms with Crippen LogP contribution in [0.15, 0.2) is 36.5 Å². The molecule has 1 aliphatic rings. The molecule has 0 spiro atoms. The largest absolute Gasteiger partial charge is 0.367 e. The van der Waals surface area contributed by atoms with Gasteiger partial charge in [-0.25, -0.2) is 0 Å². The highest BCUT2D eigenvalue weighted by molar-refractivity contribution is 5.94. The Bertz CT molecular complexity index is 954. The van der Waals surface area contributed by atoms with Crippen molar-refractivity contribution in [1.82, 2.24) is 24.7 Å². The first-order valence-corrected chi connectivity index (χ1v) is 9.35. The number of carbonyl (C=O) groups is 1. The zero-order chi connectivity index (χ0) is 19.0. The van der Waals surface area contributed by atoms with Gasteiger partial charge in [0.1, 0.15) is 0 Å². The van der Waals surface area contributed by atoms with E-state index in [-0.39, 0.29) is 5.91 Å². The van der Waals surface area contributed by atoms with E-state index in [1.54, 1.807) is 4.52 Å². The molecule has 2 aromatic heterocycles. The molecule has 0 N–H and O–H groups in total. The SMILES string of the molecule is Cc1nnc2cc(N3CCN(C(=O)c4ccc(C(C)C)cc4)CC3)cnn12. The van der Waals surface area contributed by atoms with Crippen LogP contribution in [0.25, 0.3) is 5.65 Å². The third-order valence-electron chi connectivity index (χ3n) is 5.16. The predicted molar refractivity (Wildman–Crippen MR) is 104 cm³/mol. The molecule has 1 aliphatic heterocycles. The minimum atomic E-state index is 0.103. The number of benzene rings is 1. The summed E-state index contributed by atoms with van der Waals surface area (Å²) in [6.07, 6.45) is 1.84. The van der Waals surface area contributed by atoms with E-state index in [1.165, 1.54) is 5.56 Å². The zero-order valence-electron chi connectivity index (χ0n) is 16.0. The van der Waals surface area contributed by atoms with Crippen LogP contribution in [0, 0.1) is 6.92 Å². The van der Waals surface area contributed by atoms with E-state index in [9.17, 15) is 4.79 Å². The predicted octanol–water partition coefficient (Wildman–Crippen LogP) is 2.52. The third-order valence-corrected chi connectivity index (χ3v) is 5.16. The summed E-state index contributed by atoms with van der Waals surface area (Å²) >= 11 is 0. The Morgan fingerprint density at radius 1 is 1.04 bits per heavy atom. The molecule has 0 unspecified atom stereocenters. The minimum absolute atomic E-state index is 0.103. The van der Waals surface area contributed by atoms with Crippen molar-refractivity contribution in [2.75, 3.05) is 31.1 Å². The lowest BCUT2D eigenvalue weighted by atomic mass is 10.0. The summed E-state index contributed by atoms with van der Waals surface area (Å²) in [7, 11) is 0. The molecule has 3 heterocycles. The highest BCUT2D eigenvalue weighted by atomic mass is 16.2. The molecular formula is C20H24N6O. The number of fused-ring (bicyclic) bond motifs is 1. The van der Waals surface area contributed by atoms with Crippen molar-refractivity contribution in [1.29, 1.82) is 0 Å². The number of aryl methyl sites for hydroxylation is 1. The molecule has 4 rings (SSSR count). The minimum Gasteiger partial charge on any atom is -0.367 e. The van der Waals surface area contributed by atoms with Gasteiger partial charge in [0.15, 0.2) is 11.5 Å². The average molecular weight is 364 g/mol. The Morgan fingerprint density at radius 2 is 1.74 bits per heavy atom. The van der Waals surface area contributed by atoms with Gasteiger partial charge in [-0.3, -0.25) is 4.79 Å². The van der Waals surface area contributed by atoms with Crippen molar-refractivity contribution < 1.29 is 4.79 Å². The number of anilines is 1. The molecule has 27 heavy (non-hydrogen) atoms. The molecule has 7 heteroatoms. The van der Waals surface area contributed by atoms with Gasteiger partial charge in [-0.2, -0.15) is 9.61 Å². The lowest BCUT2D eigenvalue weighted by Crippen LogP contribution is -2.48. The first kappa shape index (κ1) is 17.5. The normalized spacial score (nSPS) is 15.0. The lowest BCUT2D eigenvalue weighted by Gasteiger charge is -2.36. The van der Waals surface area contributed by atoms with Gasteiger partial charge in [0, 0.05) is 37.8 Å². The molecule has 7 nitrogen and oxygen atoms in total. The van der Waals surface area contributed by atoms with Crippen LogP contribution in [-0.4, -0.2) is 56.8 Å². The molecule has 0 radical (unpaired) electrons. The van der Waals surface area contributed by atoms with Crippen molar-refractivity contribution in [2.45, 2.75) is 26.7 Å². The van der Waals surface area contributed by atoms with Crippen LogP contribution in [-0.2, 0) is 0 Å². The number of nitrogens with zero attached hydrogens (tertiary/aromatic N) is 6. The number of piperazine rings is 1. The van der Waals surface area contributed by atoms with Gasteiger partial charge in [0.25, 0.3) is 5.91 Å². The fourth-order valence-corrected chi connectivity index (χ4v) is 3.43. The summed E-state index contributed by atoms with van der Waals surface area (Å²) in [6, 6.07) is 9.98. The summed E-state index contributed by atoms with van der Waals surface area (Å²) < 4.78 is 1.73. The average Bonchev–Trinajstić information content (AvgIpc) is 3.08. The van der Waals surface area contributed by atoms with E-state index in [2.05, 4.69) is 46.2 Å². The monoisotopic (exact) mass is 364 g/mol. The second-order valence-corrected chi connectivity index (χ2v) is 7.29. The van der Waals surface area contributed by atoms with Crippen molar-refractivity contribution in [2.24, 2.45) is 0 Å². The summed E-state index contributed by atoms with van der Waals surface area (Å²) in [5.41, 5.74) is 3.77. The zero-order valence-corrected chi connectivity index (χ0v) is 16.0. The smallest absolute Gasteiger partial charge is 0.253 e. The summed E-state index contributed by atoms with van der Waals surface area (Å²) in [4.78, 5) is 16.9. The second kappa shape index (κ2) is 6.98. The molecular weight excluding hydrogens is 340 g/mol. The van der Waals surface area contributed by atoms with Crippen LogP contribution >= 0.6 is 0 Å². The van der Waals surface area contributed by atoms with Crippen molar-refractivity contribution in [3.63, 3.8) is 0 Å². The number of hydrogen-bond donors (Lipinski definition) is 0. The first-order valence-electron chi connectivity index (χ1n) is 9.35. The lowest BCUT2D eigenvalue weighted by molar-refractivity contribution is 0.0746. The molecule has 140 valence electrons. The van der Waals surface area contributed by atoms with Crippen LogP contribution in [0.1, 0.15) is 41.5 Å². The number of rotatable bonds is 3. The first-order chi connectivity index (χ1) is 13.0. The number of amides is 1. The summed E-state index contributed by atoms with van der Waals surface area (Å²) in [5, 5.41) is 12.6. The highest BCUT2D eigenvalue weighted by Crippen LogP contribution is 2.19. The van der Waals surface area contributed by atoms with Crippen LogP contribution in [0.2, 0.25) is 0 Å². The second-order valence-electron chi connectivity index (χ2n) is 7.29. The van der Waals surface area contributed by atoms with E-state index in [4.69, 9.17) is 0 Å². The van der Waals surface area contributed by atoms with Gasteiger partial charge in [0.05, 0.1) is 11.9 Å². The Labute approximate surface area is 158 Å². The maximum Gasteiger partial charge on any atom is 0.253 e. The van der Waals surface area contributed by atoms with Crippen molar-refractivity contribution >= 4 is 17.2 Å². The summed E-state index contributed by atoms with van der Waals surface area (Å²) in [6.45, 7) is 9.14. The Hall–Kier alpha value is -2.96. The molecule has 0 bridgehead atoms. The van der Waals surface area contributed by atoms with Gasteiger partial charge in [-0.05, 0) is 30.5 Å². The Balaban J connectivity index is 1.42. The van der Waals surface area contributed by atoms with E-state index >= 15 is 0 Å². The Kier molecular flexibility index (Phi) is 4.51. The van der Waals surface area contributed by atoms with Crippen molar-refractivity contribution in [3.8, 4) is 0 Å². The fourth-order valence-electron chi connectivity index (χ4n) is 3.43. The topological polar surface area (TPSA) is 66.6 Å². The quantitative estimate of drug-likeness (QED) is 0.714. The molecule has 0 aliphatic carbocycles. The third kappa shape index (κ3) is 3.37. The molecule has 1 saturated heterocycles. The van der Waals surface area contributed by atoms with Crippen LogP contribution < -0.4 is 4.90 Å². The maximum atomic E-state index is 12.8. The maximum absolute atomic E-state index is 12.8. The van der Waals surface area contributed by atoms with Gasteiger partial charge < -0.3 is 9.80 Å². The van der Waals surface area contributed by atoms with Crippen LogP contribution in [0.3, 0.4) is 0 Å². The van der Waals surface area contributed by atoms with Gasteiger partial charge in [0.2, 0.25) is 0 Å². The summed E-state index contributed by atoms with van der Waals surface area (Å²) in [5.74, 6) is 1.35. The molecule has 0 saturated carbocycles. The van der Waals surface area contributed by atoms with Gasteiger partial charge in [-0.1, -0.05) is 26.0 Å². The number of aromatic nitrogens is 4. The van der Waals surface area contributed by atoms with Gasteiger partial charge in [-0.15, -0.1) is 10.2 Å². The van der Waals surface area contributed by atoms with Crippen LogP contribution in [0.5, 0.6) is 0 Å². The molecule has 1 aromatic carbocycles. The van der Waals surface area contributed by atoms with Gasteiger partial charge >= 0.3 is 0 Å². The fraction of sp³-hybridized carbons (Fsp3) is 0.400.